The first-order chi connectivity index (χ1) is 14.5. The van der Waals surface area contributed by atoms with E-state index in [1.165, 1.54) is 12.8 Å². The largest absolute Gasteiger partial charge is 0.470 e. The Labute approximate surface area is 178 Å². The molecule has 1 saturated carbocycles. The normalized spacial score (nSPS) is 15.0. The number of aromatic nitrogens is 4. The van der Waals surface area contributed by atoms with Gasteiger partial charge in [0, 0.05) is 36.8 Å². The number of hydrogen-bond acceptors (Lipinski definition) is 6. The highest BCUT2D eigenvalue weighted by atomic mass is 32.1. The smallest absolute Gasteiger partial charge is 0.215 e. The zero-order chi connectivity index (χ0) is 20.8. The van der Waals surface area contributed by atoms with E-state index in [9.17, 15) is 4.79 Å². The quantitative estimate of drug-likeness (QED) is 0.425. The number of fused-ring (bicyclic) bond motifs is 2. The van der Waals surface area contributed by atoms with Gasteiger partial charge in [-0.2, -0.15) is 10.1 Å². The zero-order valence-corrected chi connectivity index (χ0v) is 18.2. The first kappa shape index (κ1) is 19.2. The molecule has 0 amide bonds. The van der Waals surface area contributed by atoms with Gasteiger partial charge in [0.25, 0.3) is 0 Å². The number of pyridine rings is 1. The number of hydrogen-bond donors (Lipinski definition) is 0. The number of nitrogens with zero attached hydrogens (tertiary/aromatic N) is 4. The molecule has 1 aromatic carbocycles. The first-order valence-electron chi connectivity index (χ1n) is 10.3. The minimum absolute atomic E-state index is 0.0144. The van der Waals surface area contributed by atoms with Crippen LogP contribution in [0.15, 0.2) is 30.3 Å². The Kier molecular flexibility index (Phi) is 4.77. The van der Waals surface area contributed by atoms with Gasteiger partial charge >= 0.3 is 0 Å². The van der Waals surface area contributed by atoms with Crippen LogP contribution in [-0.2, 0) is 11.8 Å². The highest BCUT2D eigenvalue weighted by Gasteiger charge is 2.30. The van der Waals surface area contributed by atoms with E-state index in [-0.39, 0.29) is 18.3 Å². The fourth-order valence-corrected chi connectivity index (χ4v) is 4.91. The van der Waals surface area contributed by atoms with Crippen LogP contribution in [0.1, 0.15) is 54.3 Å². The molecule has 7 heteroatoms. The van der Waals surface area contributed by atoms with Crippen LogP contribution in [0.3, 0.4) is 0 Å². The van der Waals surface area contributed by atoms with Crippen molar-refractivity contribution < 1.29 is 9.53 Å². The summed E-state index contributed by atoms with van der Waals surface area (Å²) >= 11 is 1.65. The summed E-state index contributed by atoms with van der Waals surface area (Å²) in [4.78, 5) is 21.8. The summed E-state index contributed by atoms with van der Waals surface area (Å²) in [6, 6.07) is 9.97. The number of para-hydroxylation sites is 1. The molecule has 1 aliphatic carbocycles. The van der Waals surface area contributed by atoms with Crippen molar-refractivity contribution in [1.82, 2.24) is 19.7 Å². The lowest BCUT2D eigenvalue weighted by atomic mass is 10.1. The molecule has 3 heterocycles. The van der Waals surface area contributed by atoms with Crippen LogP contribution < -0.4 is 4.74 Å². The third-order valence-electron chi connectivity index (χ3n) is 5.61. The molecule has 5 rings (SSSR count). The molecule has 0 spiro atoms. The topological polar surface area (TPSA) is 69.9 Å². The van der Waals surface area contributed by atoms with E-state index in [0.29, 0.717) is 18.2 Å². The number of Topliss-reactive ketones (excluding diaryl/α,β-unsaturated/α-hetero) is 1. The van der Waals surface area contributed by atoms with Crippen LogP contribution in [0.5, 0.6) is 5.88 Å². The number of ketones is 1. The molecule has 0 N–H and O–H groups in total. The summed E-state index contributed by atoms with van der Waals surface area (Å²) in [7, 11) is 1.91. The molecular weight excluding hydrogens is 396 g/mol. The standard InChI is InChI=1S/C23H24N4O2S/c1-13-11-19(25-22-20(13)21(15-8-9-15)26-27(22)3)29-12-16(28)10-14(2)23-24-17-6-4-5-7-18(17)30-23/h4-7,11,14-15H,8-10,12H2,1-3H3. The van der Waals surface area contributed by atoms with Crippen molar-refractivity contribution in [1.29, 1.82) is 0 Å². The van der Waals surface area contributed by atoms with Crippen LogP contribution in [0.4, 0.5) is 0 Å². The van der Waals surface area contributed by atoms with Crippen molar-refractivity contribution in [3.05, 3.63) is 46.6 Å². The second-order valence-corrected chi connectivity index (χ2v) is 9.27. The predicted molar refractivity (Wildman–Crippen MR) is 118 cm³/mol. The number of carbonyl (C=O) groups excluding carboxylic acids is 1. The van der Waals surface area contributed by atoms with Crippen LogP contribution >= 0.6 is 11.3 Å². The first-order valence-corrected chi connectivity index (χ1v) is 11.2. The third kappa shape index (κ3) is 3.58. The molecule has 1 atom stereocenters. The Morgan fingerprint density at radius 3 is 2.87 bits per heavy atom. The van der Waals surface area contributed by atoms with Crippen LogP contribution in [0.25, 0.3) is 21.3 Å². The van der Waals surface area contributed by atoms with Gasteiger partial charge in [-0.3, -0.25) is 9.48 Å². The maximum atomic E-state index is 12.5. The summed E-state index contributed by atoms with van der Waals surface area (Å²) in [6.07, 6.45) is 2.80. The van der Waals surface area contributed by atoms with Gasteiger partial charge in [-0.15, -0.1) is 11.3 Å². The molecular formula is C23H24N4O2S. The lowest BCUT2D eigenvalue weighted by Gasteiger charge is -2.09. The summed E-state index contributed by atoms with van der Waals surface area (Å²) in [6.45, 7) is 4.11. The van der Waals surface area contributed by atoms with Crippen molar-refractivity contribution in [2.45, 2.75) is 44.9 Å². The Morgan fingerprint density at radius 1 is 1.30 bits per heavy atom. The Bertz CT molecular complexity index is 1220. The molecule has 0 bridgehead atoms. The molecule has 1 unspecified atom stereocenters. The summed E-state index contributed by atoms with van der Waals surface area (Å²) in [5.74, 6) is 1.15. The van der Waals surface area contributed by atoms with Crippen LogP contribution in [0.2, 0.25) is 0 Å². The van der Waals surface area contributed by atoms with E-state index in [4.69, 9.17) is 4.74 Å². The number of rotatable bonds is 7. The highest BCUT2D eigenvalue weighted by Crippen LogP contribution is 2.43. The van der Waals surface area contributed by atoms with E-state index in [1.54, 1.807) is 11.3 Å². The van der Waals surface area contributed by atoms with E-state index >= 15 is 0 Å². The molecule has 4 aromatic rings. The number of thiazole rings is 1. The lowest BCUT2D eigenvalue weighted by Crippen LogP contribution is -2.14. The van der Waals surface area contributed by atoms with Gasteiger partial charge in [0.05, 0.1) is 20.9 Å². The molecule has 0 aliphatic heterocycles. The summed E-state index contributed by atoms with van der Waals surface area (Å²) in [5.41, 5.74) is 4.05. The third-order valence-corrected chi connectivity index (χ3v) is 6.87. The lowest BCUT2D eigenvalue weighted by molar-refractivity contribution is -0.121. The van der Waals surface area contributed by atoms with E-state index in [2.05, 4.69) is 28.1 Å². The molecule has 6 nitrogen and oxygen atoms in total. The highest BCUT2D eigenvalue weighted by molar-refractivity contribution is 7.18. The molecule has 3 aromatic heterocycles. The molecule has 0 saturated heterocycles. The van der Waals surface area contributed by atoms with Gasteiger partial charge in [-0.1, -0.05) is 19.1 Å². The monoisotopic (exact) mass is 420 g/mol. The van der Waals surface area contributed by atoms with Gasteiger partial charge in [-0.05, 0) is 37.5 Å². The average Bonchev–Trinajstić information content (AvgIpc) is 3.38. The fraction of sp³-hybridized carbons (Fsp3) is 0.391. The molecule has 30 heavy (non-hydrogen) atoms. The fourth-order valence-electron chi connectivity index (χ4n) is 3.90. The van der Waals surface area contributed by atoms with Crippen molar-refractivity contribution >= 4 is 38.4 Å². The SMILES string of the molecule is Cc1cc(OCC(=O)CC(C)c2nc3ccccc3s2)nc2c1c(C1CC1)nn2C. The number of ether oxygens (including phenoxy) is 1. The summed E-state index contributed by atoms with van der Waals surface area (Å²) in [5, 5.41) is 6.78. The second-order valence-electron chi connectivity index (χ2n) is 8.21. The average molecular weight is 421 g/mol. The van der Waals surface area contributed by atoms with E-state index < -0.39 is 0 Å². The molecule has 154 valence electrons. The van der Waals surface area contributed by atoms with Gasteiger partial charge in [0.2, 0.25) is 5.88 Å². The Morgan fingerprint density at radius 2 is 2.10 bits per heavy atom. The van der Waals surface area contributed by atoms with Crippen LogP contribution in [-0.4, -0.2) is 32.1 Å². The second kappa shape index (κ2) is 7.47. The molecule has 1 fully saturated rings. The predicted octanol–water partition coefficient (Wildman–Crippen LogP) is 4.91. The number of benzene rings is 1. The van der Waals surface area contributed by atoms with Gasteiger partial charge in [0.15, 0.2) is 11.4 Å². The van der Waals surface area contributed by atoms with Gasteiger partial charge < -0.3 is 4.74 Å². The van der Waals surface area contributed by atoms with Gasteiger partial charge in [-0.25, -0.2) is 4.98 Å². The van der Waals surface area contributed by atoms with Crippen LogP contribution in [0, 0.1) is 6.92 Å². The Hall–Kier alpha value is -2.80. The van der Waals surface area contributed by atoms with Crippen molar-refractivity contribution in [3.8, 4) is 5.88 Å². The minimum Gasteiger partial charge on any atom is -0.470 e. The zero-order valence-electron chi connectivity index (χ0n) is 17.4. The molecule has 1 aliphatic rings. The maximum absolute atomic E-state index is 12.5. The molecule has 0 radical (unpaired) electrons. The van der Waals surface area contributed by atoms with Crippen molar-refractivity contribution in [2.24, 2.45) is 7.05 Å². The minimum atomic E-state index is 0.0144. The van der Waals surface area contributed by atoms with Crippen molar-refractivity contribution in [2.75, 3.05) is 6.61 Å². The summed E-state index contributed by atoms with van der Waals surface area (Å²) < 4.78 is 8.74. The van der Waals surface area contributed by atoms with Gasteiger partial charge in [0.1, 0.15) is 6.61 Å². The van der Waals surface area contributed by atoms with E-state index in [1.807, 2.05) is 42.9 Å². The maximum Gasteiger partial charge on any atom is 0.215 e. The number of carbonyl (C=O) groups is 1. The number of aryl methyl sites for hydroxylation is 2. The van der Waals surface area contributed by atoms with E-state index in [0.717, 1.165) is 37.5 Å². The van der Waals surface area contributed by atoms with Crippen molar-refractivity contribution in [3.63, 3.8) is 0 Å². The Balaban J connectivity index is 1.26.